The van der Waals surface area contributed by atoms with Gasteiger partial charge in [-0.3, -0.25) is 4.79 Å². The summed E-state index contributed by atoms with van der Waals surface area (Å²) >= 11 is 0. The average Bonchev–Trinajstić information content (AvgIpc) is 2.53. The fraction of sp³-hybridized carbons (Fsp3) is 0.533. The van der Waals surface area contributed by atoms with E-state index in [2.05, 4.69) is 0 Å². The second-order valence-corrected chi connectivity index (χ2v) is 7.34. The molecule has 1 aliphatic heterocycles. The third-order valence-corrected chi connectivity index (χ3v) is 5.87. The molecule has 0 atom stereocenters. The molecule has 0 unspecified atom stereocenters. The molecule has 6 nitrogen and oxygen atoms in total. The highest BCUT2D eigenvalue weighted by Crippen LogP contribution is 2.24. The molecule has 0 spiro atoms. The predicted molar refractivity (Wildman–Crippen MR) is 81.1 cm³/mol. The molecule has 1 N–H and O–H groups in total. The second-order valence-electron chi connectivity index (χ2n) is 5.40. The third kappa shape index (κ3) is 3.85. The maximum atomic E-state index is 12.5. The maximum Gasteiger partial charge on any atom is 0.306 e. The number of rotatable bonds is 6. The molecule has 22 heavy (non-hydrogen) atoms. The summed E-state index contributed by atoms with van der Waals surface area (Å²) in [4.78, 5) is 11.2. The van der Waals surface area contributed by atoms with Crippen LogP contribution in [-0.4, -0.2) is 50.6 Å². The number of benzene rings is 1. The van der Waals surface area contributed by atoms with Crippen molar-refractivity contribution in [3.8, 4) is 0 Å². The van der Waals surface area contributed by atoms with Gasteiger partial charge in [-0.2, -0.15) is 4.31 Å². The number of piperidine rings is 1. The van der Waals surface area contributed by atoms with Crippen molar-refractivity contribution in [2.75, 3.05) is 26.8 Å². The van der Waals surface area contributed by atoms with E-state index in [1.54, 1.807) is 31.4 Å². The van der Waals surface area contributed by atoms with E-state index in [1.807, 2.05) is 0 Å². The molecular formula is C15H21NO5S. The van der Waals surface area contributed by atoms with Gasteiger partial charge in [-0.15, -0.1) is 0 Å². The summed E-state index contributed by atoms with van der Waals surface area (Å²) in [5.41, 5.74) is 1.02. The Morgan fingerprint density at radius 2 is 1.86 bits per heavy atom. The van der Waals surface area contributed by atoms with Crippen molar-refractivity contribution in [1.29, 1.82) is 0 Å². The maximum absolute atomic E-state index is 12.5. The zero-order valence-electron chi connectivity index (χ0n) is 12.6. The summed E-state index contributed by atoms with van der Waals surface area (Å²) in [5.74, 6) is -1.29. The first-order valence-electron chi connectivity index (χ1n) is 7.26. The summed E-state index contributed by atoms with van der Waals surface area (Å²) < 4.78 is 31.5. The largest absolute Gasteiger partial charge is 0.481 e. The lowest BCUT2D eigenvalue weighted by molar-refractivity contribution is -0.142. The van der Waals surface area contributed by atoms with Crippen LogP contribution >= 0.6 is 0 Å². The van der Waals surface area contributed by atoms with Crippen molar-refractivity contribution in [3.63, 3.8) is 0 Å². The Balaban J connectivity index is 2.06. The minimum Gasteiger partial charge on any atom is -0.481 e. The zero-order valence-corrected chi connectivity index (χ0v) is 13.4. The lowest BCUT2D eigenvalue weighted by Crippen LogP contribution is -2.40. The van der Waals surface area contributed by atoms with Gasteiger partial charge in [0.05, 0.1) is 17.4 Å². The Hall–Kier alpha value is -1.44. The number of carbonyl (C=O) groups is 1. The highest BCUT2D eigenvalue weighted by atomic mass is 32.2. The number of aliphatic carboxylic acids is 1. The molecule has 2 rings (SSSR count). The van der Waals surface area contributed by atoms with Gasteiger partial charge < -0.3 is 9.84 Å². The normalized spacial score (nSPS) is 17.5. The van der Waals surface area contributed by atoms with Crippen LogP contribution in [0.4, 0.5) is 0 Å². The average molecular weight is 327 g/mol. The van der Waals surface area contributed by atoms with Gasteiger partial charge in [-0.25, -0.2) is 8.42 Å². The molecule has 1 aliphatic rings. The van der Waals surface area contributed by atoms with Gasteiger partial charge >= 0.3 is 5.97 Å². The van der Waals surface area contributed by atoms with E-state index in [0.717, 1.165) is 12.0 Å². The molecule has 1 aromatic carbocycles. The number of methoxy groups -OCH3 is 1. The summed E-state index contributed by atoms with van der Waals surface area (Å²) in [6.07, 6.45) is 1.46. The van der Waals surface area contributed by atoms with Crippen LogP contribution < -0.4 is 0 Å². The van der Waals surface area contributed by atoms with Crippen LogP contribution in [0.2, 0.25) is 0 Å². The quantitative estimate of drug-likeness (QED) is 0.853. The van der Waals surface area contributed by atoms with Gasteiger partial charge in [0.2, 0.25) is 10.0 Å². The molecule has 1 aromatic rings. The number of carboxylic acid groups (broad SMARTS) is 1. The highest BCUT2D eigenvalue weighted by Gasteiger charge is 2.31. The van der Waals surface area contributed by atoms with Crippen LogP contribution in [0.25, 0.3) is 0 Å². The van der Waals surface area contributed by atoms with Gasteiger partial charge in [-0.1, -0.05) is 12.1 Å². The van der Waals surface area contributed by atoms with E-state index in [-0.39, 0.29) is 18.0 Å². The molecule has 0 radical (unpaired) electrons. The zero-order chi connectivity index (χ0) is 16.2. The van der Waals surface area contributed by atoms with Gasteiger partial charge in [-0.05, 0) is 37.0 Å². The Labute approximate surface area is 130 Å². The van der Waals surface area contributed by atoms with Crippen molar-refractivity contribution >= 4 is 16.0 Å². The lowest BCUT2D eigenvalue weighted by atomic mass is 9.99. The summed E-state index contributed by atoms with van der Waals surface area (Å²) in [6.45, 7) is 1.10. The first-order valence-corrected chi connectivity index (χ1v) is 8.70. The van der Waals surface area contributed by atoms with Crippen LogP contribution in [0.3, 0.4) is 0 Å². The molecular weight excluding hydrogens is 306 g/mol. The Bertz CT molecular complexity index is 603. The molecule has 0 aliphatic carbocycles. The molecule has 0 bridgehead atoms. The smallest absolute Gasteiger partial charge is 0.306 e. The van der Waals surface area contributed by atoms with E-state index in [4.69, 9.17) is 9.84 Å². The molecule has 0 amide bonds. The number of ether oxygens (including phenoxy) is 1. The molecule has 122 valence electrons. The van der Waals surface area contributed by atoms with Crippen LogP contribution in [0.5, 0.6) is 0 Å². The van der Waals surface area contributed by atoms with Gasteiger partial charge in [0.1, 0.15) is 0 Å². The second kappa shape index (κ2) is 7.21. The number of carboxylic acids is 1. The predicted octanol–water partition coefficient (Wildman–Crippen LogP) is 1.36. The summed E-state index contributed by atoms with van der Waals surface area (Å²) in [6, 6.07) is 6.78. The van der Waals surface area contributed by atoms with Crippen LogP contribution in [0, 0.1) is 5.92 Å². The number of hydrogen-bond donors (Lipinski definition) is 1. The van der Waals surface area contributed by atoms with E-state index in [1.165, 1.54) is 4.31 Å². The van der Waals surface area contributed by atoms with E-state index >= 15 is 0 Å². The van der Waals surface area contributed by atoms with Crippen LogP contribution in [0.15, 0.2) is 29.2 Å². The van der Waals surface area contributed by atoms with Crippen molar-refractivity contribution in [2.45, 2.75) is 24.2 Å². The van der Waals surface area contributed by atoms with Crippen molar-refractivity contribution in [1.82, 2.24) is 4.31 Å². The van der Waals surface area contributed by atoms with E-state index in [9.17, 15) is 13.2 Å². The lowest BCUT2D eigenvalue weighted by Gasteiger charge is -2.29. The Morgan fingerprint density at radius 1 is 1.27 bits per heavy atom. The first-order chi connectivity index (χ1) is 10.4. The van der Waals surface area contributed by atoms with Gasteiger partial charge in [0.25, 0.3) is 0 Å². The standard InChI is InChI=1S/C15H21NO5S/c1-21-11-8-12-2-4-14(5-3-12)22(19,20)16-9-6-13(7-10-16)15(17)18/h2-5,13H,6-11H2,1H3,(H,17,18). The van der Waals surface area contributed by atoms with Gasteiger partial charge in [0, 0.05) is 20.2 Å². The third-order valence-electron chi connectivity index (χ3n) is 3.96. The molecule has 1 fully saturated rings. The topological polar surface area (TPSA) is 83.9 Å². The summed E-state index contributed by atoms with van der Waals surface area (Å²) in [7, 11) is -1.91. The number of sulfonamides is 1. The van der Waals surface area contributed by atoms with E-state index < -0.39 is 21.9 Å². The Kier molecular flexibility index (Phi) is 5.55. The molecule has 7 heteroatoms. The van der Waals surface area contributed by atoms with Crippen molar-refractivity contribution in [2.24, 2.45) is 5.92 Å². The summed E-state index contributed by atoms with van der Waals surface area (Å²) in [5, 5.41) is 8.97. The van der Waals surface area contributed by atoms with Crippen molar-refractivity contribution in [3.05, 3.63) is 29.8 Å². The fourth-order valence-corrected chi connectivity index (χ4v) is 4.01. The molecule has 1 saturated heterocycles. The van der Waals surface area contributed by atoms with Crippen molar-refractivity contribution < 1.29 is 23.1 Å². The van der Waals surface area contributed by atoms with Crippen LogP contribution in [0.1, 0.15) is 18.4 Å². The molecule has 0 aromatic heterocycles. The van der Waals surface area contributed by atoms with E-state index in [0.29, 0.717) is 19.4 Å². The molecule has 1 heterocycles. The SMILES string of the molecule is COCCc1ccc(S(=O)(=O)N2CCC(C(=O)O)CC2)cc1. The number of hydrogen-bond acceptors (Lipinski definition) is 4. The fourth-order valence-electron chi connectivity index (χ4n) is 2.54. The minimum atomic E-state index is -3.54. The van der Waals surface area contributed by atoms with Crippen LogP contribution in [-0.2, 0) is 26.0 Å². The number of nitrogens with zero attached hydrogens (tertiary/aromatic N) is 1. The minimum absolute atomic E-state index is 0.252. The highest BCUT2D eigenvalue weighted by molar-refractivity contribution is 7.89. The monoisotopic (exact) mass is 327 g/mol. The first kappa shape index (κ1) is 16.9. The Morgan fingerprint density at radius 3 is 2.36 bits per heavy atom. The molecule has 0 saturated carbocycles. The van der Waals surface area contributed by atoms with Gasteiger partial charge in [0.15, 0.2) is 0 Å².